The van der Waals surface area contributed by atoms with Gasteiger partial charge in [0.15, 0.2) is 0 Å². The number of nitrogens with zero attached hydrogens (tertiary/aromatic N) is 2. The molecule has 2 atom stereocenters. The topological polar surface area (TPSA) is 55.9 Å². The number of aromatic nitrogens is 2. The van der Waals surface area contributed by atoms with Gasteiger partial charge in [0.05, 0.1) is 6.20 Å². The number of fused-ring (bicyclic) bond motifs is 1. The summed E-state index contributed by atoms with van der Waals surface area (Å²) < 4.78 is 1.96. The summed E-state index contributed by atoms with van der Waals surface area (Å²) in [6, 6.07) is 9.00. The van der Waals surface area contributed by atoms with Crippen LogP contribution in [0.15, 0.2) is 36.7 Å². The van der Waals surface area contributed by atoms with Crippen LogP contribution in [0.25, 0.3) is 0 Å². The van der Waals surface area contributed by atoms with Gasteiger partial charge in [-0.1, -0.05) is 24.3 Å². The molecule has 0 saturated carbocycles. The summed E-state index contributed by atoms with van der Waals surface area (Å²) in [4.78, 5) is 0. The van der Waals surface area contributed by atoms with E-state index in [1.807, 2.05) is 10.9 Å². The second-order valence-corrected chi connectivity index (χ2v) is 5.53. The van der Waals surface area contributed by atoms with E-state index in [0.717, 1.165) is 19.4 Å². The Bertz CT molecular complexity index is 575. The van der Waals surface area contributed by atoms with Gasteiger partial charge < -0.3 is 0 Å². The third-order valence-corrected chi connectivity index (χ3v) is 4.35. The summed E-state index contributed by atoms with van der Waals surface area (Å²) in [5, 5.41) is 4.34. The van der Waals surface area contributed by atoms with Gasteiger partial charge in [0.2, 0.25) is 0 Å². The van der Waals surface area contributed by atoms with Crippen LogP contribution >= 0.6 is 0 Å². The van der Waals surface area contributed by atoms with Crippen LogP contribution in [-0.4, -0.2) is 15.8 Å². The first-order valence-electron chi connectivity index (χ1n) is 7.37. The molecular weight excluding hydrogens is 248 g/mol. The van der Waals surface area contributed by atoms with Crippen LogP contribution in [0.2, 0.25) is 0 Å². The van der Waals surface area contributed by atoms with Gasteiger partial charge in [-0.2, -0.15) is 5.10 Å². The summed E-state index contributed by atoms with van der Waals surface area (Å²) >= 11 is 0. The molecule has 2 aromatic rings. The summed E-state index contributed by atoms with van der Waals surface area (Å²) in [7, 11) is 0. The third kappa shape index (κ3) is 2.49. The lowest BCUT2D eigenvalue weighted by atomic mass is 9.90. The van der Waals surface area contributed by atoms with Crippen molar-refractivity contribution in [3.63, 3.8) is 0 Å². The standard InChI is InChI=1S/C16H22N4/c1-2-20-11-12(10-18-20)9-16(19-17)15-8-7-13-5-3-4-6-14(13)15/h3-6,10-11,15-16,19H,2,7-9,17H2,1H3. The monoisotopic (exact) mass is 270 g/mol. The molecule has 0 bridgehead atoms. The second-order valence-electron chi connectivity index (χ2n) is 5.53. The largest absolute Gasteiger partial charge is 0.273 e. The number of rotatable bonds is 5. The molecule has 0 radical (unpaired) electrons. The molecule has 4 heteroatoms. The van der Waals surface area contributed by atoms with Crippen molar-refractivity contribution in [1.29, 1.82) is 0 Å². The SMILES string of the molecule is CCn1cc(CC(NN)C2CCc3ccccc32)cn1. The lowest BCUT2D eigenvalue weighted by molar-refractivity contribution is 0.434. The molecule has 106 valence electrons. The first-order chi connectivity index (χ1) is 9.81. The number of hydrogen-bond acceptors (Lipinski definition) is 3. The fourth-order valence-corrected chi connectivity index (χ4v) is 3.26. The van der Waals surface area contributed by atoms with Crippen LogP contribution in [0.3, 0.4) is 0 Å². The van der Waals surface area contributed by atoms with Crippen LogP contribution in [0.5, 0.6) is 0 Å². The zero-order chi connectivity index (χ0) is 13.9. The summed E-state index contributed by atoms with van der Waals surface area (Å²) in [5.74, 6) is 6.32. The molecule has 0 amide bonds. The van der Waals surface area contributed by atoms with Crippen LogP contribution in [0.1, 0.15) is 36.0 Å². The number of benzene rings is 1. The van der Waals surface area contributed by atoms with E-state index in [1.54, 1.807) is 0 Å². The van der Waals surface area contributed by atoms with E-state index in [1.165, 1.54) is 23.1 Å². The molecule has 1 aliphatic rings. The first kappa shape index (κ1) is 13.3. The van der Waals surface area contributed by atoms with Crippen molar-refractivity contribution in [2.24, 2.45) is 5.84 Å². The van der Waals surface area contributed by atoms with Gasteiger partial charge in [-0.25, -0.2) is 0 Å². The van der Waals surface area contributed by atoms with E-state index < -0.39 is 0 Å². The Morgan fingerprint density at radius 2 is 2.30 bits per heavy atom. The highest BCUT2D eigenvalue weighted by Crippen LogP contribution is 2.36. The predicted molar refractivity (Wildman–Crippen MR) is 80.2 cm³/mol. The normalized spacial score (nSPS) is 19.0. The molecule has 20 heavy (non-hydrogen) atoms. The molecule has 1 aromatic heterocycles. The summed E-state index contributed by atoms with van der Waals surface area (Å²) in [5.41, 5.74) is 7.20. The van der Waals surface area contributed by atoms with Crippen molar-refractivity contribution in [1.82, 2.24) is 15.2 Å². The van der Waals surface area contributed by atoms with Gasteiger partial charge in [0, 0.05) is 24.7 Å². The maximum Gasteiger partial charge on any atom is 0.0522 e. The van der Waals surface area contributed by atoms with Gasteiger partial charge >= 0.3 is 0 Å². The number of nitrogens with one attached hydrogen (secondary N) is 1. The van der Waals surface area contributed by atoms with Crippen molar-refractivity contribution in [3.8, 4) is 0 Å². The Morgan fingerprint density at radius 1 is 1.45 bits per heavy atom. The summed E-state index contributed by atoms with van der Waals surface area (Å²) in [6.45, 7) is 3.01. The quantitative estimate of drug-likeness (QED) is 0.645. The zero-order valence-electron chi connectivity index (χ0n) is 11.9. The highest BCUT2D eigenvalue weighted by Gasteiger charge is 2.29. The molecule has 3 N–H and O–H groups in total. The molecule has 2 unspecified atom stereocenters. The van der Waals surface area contributed by atoms with Crippen LogP contribution in [0.4, 0.5) is 0 Å². The number of hydrogen-bond donors (Lipinski definition) is 2. The Kier molecular flexibility index (Phi) is 3.85. The molecule has 0 saturated heterocycles. The fraction of sp³-hybridized carbons (Fsp3) is 0.438. The minimum absolute atomic E-state index is 0.271. The molecule has 0 fully saturated rings. The number of hydrazine groups is 1. The van der Waals surface area contributed by atoms with Crippen molar-refractivity contribution >= 4 is 0 Å². The Hall–Kier alpha value is -1.65. The molecule has 0 aliphatic heterocycles. The number of nitrogens with two attached hydrogens (primary N) is 1. The predicted octanol–water partition coefficient (Wildman–Crippen LogP) is 2.01. The number of aryl methyl sites for hydroxylation is 2. The highest BCUT2D eigenvalue weighted by molar-refractivity contribution is 5.36. The van der Waals surface area contributed by atoms with Gasteiger partial charge in [-0.15, -0.1) is 0 Å². The van der Waals surface area contributed by atoms with Crippen molar-refractivity contribution in [2.75, 3.05) is 0 Å². The molecule has 4 nitrogen and oxygen atoms in total. The Balaban J connectivity index is 1.77. The van der Waals surface area contributed by atoms with Crippen molar-refractivity contribution in [3.05, 3.63) is 53.3 Å². The van der Waals surface area contributed by atoms with Gasteiger partial charge in [-0.3, -0.25) is 16.0 Å². The minimum atomic E-state index is 0.271. The lowest BCUT2D eigenvalue weighted by Gasteiger charge is -2.23. The average Bonchev–Trinajstić information content (AvgIpc) is 3.11. The Morgan fingerprint density at radius 3 is 3.05 bits per heavy atom. The van der Waals surface area contributed by atoms with Crippen LogP contribution < -0.4 is 11.3 Å². The highest BCUT2D eigenvalue weighted by atomic mass is 15.3. The molecule has 1 aromatic carbocycles. The summed E-state index contributed by atoms with van der Waals surface area (Å²) in [6.07, 6.45) is 7.33. The molecule has 1 heterocycles. The van der Waals surface area contributed by atoms with E-state index in [2.05, 4.69) is 47.9 Å². The zero-order valence-corrected chi connectivity index (χ0v) is 11.9. The van der Waals surface area contributed by atoms with E-state index >= 15 is 0 Å². The van der Waals surface area contributed by atoms with Crippen LogP contribution in [0, 0.1) is 0 Å². The molecule has 0 spiro atoms. The van der Waals surface area contributed by atoms with Crippen molar-refractivity contribution in [2.45, 2.75) is 44.7 Å². The average molecular weight is 270 g/mol. The van der Waals surface area contributed by atoms with Gasteiger partial charge in [0.25, 0.3) is 0 Å². The van der Waals surface area contributed by atoms with Gasteiger partial charge in [0.1, 0.15) is 0 Å². The fourth-order valence-electron chi connectivity index (χ4n) is 3.26. The first-order valence-corrected chi connectivity index (χ1v) is 7.37. The van der Waals surface area contributed by atoms with E-state index in [0.29, 0.717) is 5.92 Å². The third-order valence-electron chi connectivity index (χ3n) is 4.35. The minimum Gasteiger partial charge on any atom is -0.273 e. The van der Waals surface area contributed by atoms with E-state index in [9.17, 15) is 0 Å². The van der Waals surface area contributed by atoms with Crippen LogP contribution in [-0.2, 0) is 19.4 Å². The van der Waals surface area contributed by atoms with E-state index in [4.69, 9.17) is 5.84 Å². The lowest BCUT2D eigenvalue weighted by Crippen LogP contribution is -2.40. The second kappa shape index (κ2) is 5.77. The maximum absolute atomic E-state index is 5.82. The molecule has 1 aliphatic carbocycles. The molecule has 3 rings (SSSR count). The van der Waals surface area contributed by atoms with Crippen molar-refractivity contribution < 1.29 is 0 Å². The maximum atomic E-state index is 5.82. The Labute approximate surface area is 120 Å². The smallest absolute Gasteiger partial charge is 0.0522 e. The molecular formula is C16H22N4. The van der Waals surface area contributed by atoms with Gasteiger partial charge in [-0.05, 0) is 42.9 Å². The van der Waals surface area contributed by atoms with E-state index in [-0.39, 0.29) is 6.04 Å².